The van der Waals surface area contributed by atoms with Crippen LogP contribution in [0.5, 0.6) is 0 Å². The number of likely N-dealkylation sites (N-methyl/N-ethyl adjacent to an activating group) is 1. The number of amides is 2. The van der Waals surface area contributed by atoms with E-state index in [0.717, 1.165) is 11.1 Å². The van der Waals surface area contributed by atoms with E-state index in [4.69, 9.17) is 0 Å². The molecule has 1 N–H and O–H groups in total. The fraction of sp³-hybridized carbons (Fsp3) is 0.562. The van der Waals surface area contributed by atoms with Gasteiger partial charge in [-0.25, -0.2) is 4.79 Å². The molecule has 0 fully saturated rings. The Hall–Kier alpha value is -1.55. The molecular weight excluding hydrogens is 252 g/mol. The number of carbonyl (C=O) groups excluding carboxylic acids is 1. The quantitative estimate of drug-likeness (QED) is 0.869. The highest BCUT2D eigenvalue weighted by Gasteiger charge is 2.20. The maximum Gasteiger partial charge on any atom is 0.320 e. The molecule has 0 heterocycles. The van der Waals surface area contributed by atoms with E-state index in [9.17, 15) is 9.90 Å². The number of benzene rings is 1. The molecule has 4 heteroatoms. The van der Waals surface area contributed by atoms with Crippen molar-refractivity contribution in [2.75, 3.05) is 26.2 Å². The highest BCUT2D eigenvalue weighted by atomic mass is 16.3. The van der Waals surface area contributed by atoms with E-state index < -0.39 is 6.10 Å². The van der Waals surface area contributed by atoms with Gasteiger partial charge in [0.15, 0.2) is 0 Å². The molecule has 0 spiro atoms. The first kappa shape index (κ1) is 16.5. The average Bonchev–Trinajstić information content (AvgIpc) is 2.46. The minimum absolute atomic E-state index is 0.0105. The average molecular weight is 278 g/mol. The van der Waals surface area contributed by atoms with Gasteiger partial charge in [0.2, 0.25) is 0 Å². The van der Waals surface area contributed by atoms with E-state index in [1.807, 2.05) is 52.0 Å². The number of carbonyl (C=O) groups is 1. The van der Waals surface area contributed by atoms with Gasteiger partial charge in [-0.2, -0.15) is 0 Å². The molecular formula is C16H26N2O2. The van der Waals surface area contributed by atoms with Crippen LogP contribution in [0.15, 0.2) is 24.3 Å². The number of aliphatic hydroxyl groups excluding tert-OH is 1. The highest BCUT2D eigenvalue weighted by Crippen LogP contribution is 2.16. The van der Waals surface area contributed by atoms with Gasteiger partial charge in [0.25, 0.3) is 0 Å². The van der Waals surface area contributed by atoms with Crippen LogP contribution in [0.4, 0.5) is 4.79 Å². The van der Waals surface area contributed by atoms with E-state index in [2.05, 4.69) is 0 Å². The molecule has 1 aromatic rings. The van der Waals surface area contributed by atoms with Crippen molar-refractivity contribution in [2.24, 2.45) is 0 Å². The van der Waals surface area contributed by atoms with E-state index in [-0.39, 0.29) is 6.03 Å². The third-order valence-corrected chi connectivity index (χ3v) is 3.54. The summed E-state index contributed by atoms with van der Waals surface area (Å²) in [5.41, 5.74) is 2.01. The lowest BCUT2D eigenvalue weighted by atomic mass is 10.1. The highest BCUT2D eigenvalue weighted by molar-refractivity contribution is 5.74. The van der Waals surface area contributed by atoms with Gasteiger partial charge in [-0.05, 0) is 33.3 Å². The first-order valence-corrected chi connectivity index (χ1v) is 7.31. The maximum absolute atomic E-state index is 12.3. The second kappa shape index (κ2) is 7.90. The fourth-order valence-electron chi connectivity index (χ4n) is 2.14. The maximum atomic E-state index is 12.3. The van der Waals surface area contributed by atoms with E-state index >= 15 is 0 Å². The predicted octanol–water partition coefficient (Wildman–Crippen LogP) is 2.81. The summed E-state index contributed by atoms with van der Waals surface area (Å²) in [6.45, 7) is 10.2. The lowest BCUT2D eigenvalue weighted by Gasteiger charge is -2.30. The number of rotatable bonds is 6. The van der Waals surface area contributed by atoms with Crippen molar-refractivity contribution in [3.05, 3.63) is 35.4 Å². The second-order valence-electron chi connectivity index (χ2n) is 4.92. The summed E-state index contributed by atoms with van der Waals surface area (Å²) in [5.74, 6) is 0. The zero-order chi connectivity index (χ0) is 15.1. The largest absolute Gasteiger partial charge is 0.387 e. The van der Waals surface area contributed by atoms with Crippen LogP contribution in [-0.4, -0.2) is 47.1 Å². The van der Waals surface area contributed by atoms with Crippen LogP contribution in [0.1, 0.15) is 38.0 Å². The molecule has 20 heavy (non-hydrogen) atoms. The van der Waals surface area contributed by atoms with Crippen LogP contribution in [0.25, 0.3) is 0 Å². The first-order chi connectivity index (χ1) is 9.53. The smallest absolute Gasteiger partial charge is 0.320 e. The zero-order valence-electron chi connectivity index (χ0n) is 13.0. The van der Waals surface area contributed by atoms with Crippen LogP contribution in [-0.2, 0) is 0 Å². The van der Waals surface area contributed by atoms with Gasteiger partial charge in [0, 0.05) is 19.6 Å². The van der Waals surface area contributed by atoms with Crippen molar-refractivity contribution in [2.45, 2.75) is 33.8 Å². The molecule has 0 saturated heterocycles. The number of aliphatic hydroxyl groups is 1. The van der Waals surface area contributed by atoms with Crippen LogP contribution in [0, 0.1) is 6.92 Å². The molecule has 0 aromatic heterocycles. The Balaban J connectivity index is 2.72. The lowest BCUT2D eigenvalue weighted by molar-refractivity contribution is 0.107. The van der Waals surface area contributed by atoms with Crippen molar-refractivity contribution in [1.29, 1.82) is 0 Å². The molecule has 0 radical (unpaired) electrons. The molecule has 1 unspecified atom stereocenters. The topological polar surface area (TPSA) is 43.8 Å². The van der Waals surface area contributed by atoms with Gasteiger partial charge in [0.05, 0.1) is 12.6 Å². The van der Waals surface area contributed by atoms with E-state index in [1.165, 1.54) is 0 Å². The molecule has 1 atom stereocenters. The van der Waals surface area contributed by atoms with Crippen molar-refractivity contribution in [3.63, 3.8) is 0 Å². The third-order valence-electron chi connectivity index (χ3n) is 3.54. The van der Waals surface area contributed by atoms with Crippen LogP contribution >= 0.6 is 0 Å². The Morgan fingerprint density at radius 1 is 1.05 bits per heavy atom. The standard InChI is InChI=1S/C16H26N2O2/c1-5-17(6-2)16(20)18(7-3)12-15(19)14-10-8-13(4)9-11-14/h8-11,15,19H,5-7,12H2,1-4H3. The summed E-state index contributed by atoms with van der Waals surface area (Å²) in [4.78, 5) is 15.8. The summed E-state index contributed by atoms with van der Waals surface area (Å²) in [6, 6.07) is 7.76. The predicted molar refractivity (Wildman–Crippen MR) is 81.7 cm³/mol. The molecule has 0 bridgehead atoms. The molecule has 112 valence electrons. The van der Waals surface area contributed by atoms with Gasteiger partial charge in [-0.1, -0.05) is 29.8 Å². The summed E-state index contributed by atoms with van der Waals surface area (Å²) in [7, 11) is 0. The zero-order valence-corrected chi connectivity index (χ0v) is 13.0. The second-order valence-corrected chi connectivity index (χ2v) is 4.92. The lowest BCUT2D eigenvalue weighted by Crippen LogP contribution is -2.44. The van der Waals surface area contributed by atoms with E-state index in [1.54, 1.807) is 9.80 Å². The summed E-state index contributed by atoms with van der Waals surface area (Å²) >= 11 is 0. The number of hydrogen-bond donors (Lipinski definition) is 1. The summed E-state index contributed by atoms with van der Waals surface area (Å²) in [5, 5.41) is 10.3. The van der Waals surface area contributed by atoms with Crippen LogP contribution in [0.2, 0.25) is 0 Å². The molecule has 1 rings (SSSR count). The van der Waals surface area contributed by atoms with Gasteiger partial charge < -0.3 is 14.9 Å². The molecule has 0 aliphatic rings. The number of hydrogen-bond acceptors (Lipinski definition) is 2. The minimum atomic E-state index is -0.643. The Morgan fingerprint density at radius 2 is 1.55 bits per heavy atom. The number of nitrogens with zero attached hydrogens (tertiary/aromatic N) is 2. The van der Waals surface area contributed by atoms with E-state index in [0.29, 0.717) is 26.2 Å². The molecule has 0 saturated carbocycles. The Kier molecular flexibility index (Phi) is 6.52. The van der Waals surface area contributed by atoms with Crippen LogP contribution in [0.3, 0.4) is 0 Å². The summed E-state index contributed by atoms with van der Waals surface area (Å²) < 4.78 is 0. The SMILES string of the molecule is CCN(CC)C(=O)N(CC)CC(O)c1ccc(C)cc1. The van der Waals surface area contributed by atoms with Crippen molar-refractivity contribution in [1.82, 2.24) is 9.80 Å². The van der Waals surface area contributed by atoms with Crippen molar-refractivity contribution in [3.8, 4) is 0 Å². The normalized spacial score (nSPS) is 12.1. The molecule has 0 aliphatic carbocycles. The molecule has 0 aliphatic heterocycles. The number of aryl methyl sites for hydroxylation is 1. The molecule has 4 nitrogen and oxygen atoms in total. The van der Waals surface area contributed by atoms with Gasteiger partial charge in [0.1, 0.15) is 0 Å². The Labute approximate surface area is 122 Å². The number of urea groups is 1. The van der Waals surface area contributed by atoms with Crippen molar-refractivity contribution >= 4 is 6.03 Å². The molecule has 1 aromatic carbocycles. The fourth-order valence-corrected chi connectivity index (χ4v) is 2.14. The van der Waals surface area contributed by atoms with Crippen LogP contribution < -0.4 is 0 Å². The van der Waals surface area contributed by atoms with Gasteiger partial charge in [-0.3, -0.25) is 0 Å². The first-order valence-electron chi connectivity index (χ1n) is 7.31. The summed E-state index contributed by atoms with van der Waals surface area (Å²) in [6.07, 6.45) is -0.643. The molecule has 2 amide bonds. The Bertz CT molecular complexity index is 413. The van der Waals surface area contributed by atoms with Gasteiger partial charge in [-0.15, -0.1) is 0 Å². The van der Waals surface area contributed by atoms with Gasteiger partial charge >= 0.3 is 6.03 Å². The third kappa shape index (κ3) is 4.23. The van der Waals surface area contributed by atoms with Crippen molar-refractivity contribution < 1.29 is 9.90 Å². The Morgan fingerprint density at radius 3 is 2.00 bits per heavy atom. The minimum Gasteiger partial charge on any atom is -0.387 e. The monoisotopic (exact) mass is 278 g/mol.